The molecule has 9 heteroatoms. The minimum Gasteiger partial charge on any atom is -0.463 e. The van der Waals surface area contributed by atoms with Crippen molar-refractivity contribution in [2.24, 2.45) is 4.99 Å². The first-order valence-corrected chi connectivity index (χ1v) is 14.4. The Bertz CT molecular complexity index is 1680. The average molecular weight is 596 g/mol. The molecule has 1 unspecified atom stereocenters. The number of thiazole rings is 1. The van der Waals surface area contributed by atoms with Crippen molar-refractivity contribution in [2.75, 3.05) is 12.9 Å². The van der Waals surface area contributed by atoms with Crippen LogP contribution in [-0.4, -0.2) is 23.4 Å². The van der Waals surface area contributed by atoms with Crippen LogP contribution in [0.2, 0.25) is 0 Å². The highest BCUT2D eigenvalue weighted by atomic mass is 79.9. The van der Waals surface area contributed by atoms with Crippen molar-refractivity contribution in [2.45, 2.75) is 24.8 Å². The van der Waals surface area contributed by atoms with Crippen LogP contribution in [0, 0.1) is 0 Å². The van der Waals surface area contributed by atoms with Gasteiger partial charge in [0.25, 0.3) is 5.56 Å². The van der Waals surface area contributed by atoms with Gasteiger partial charge < -0.3 is 9.15 Å². The van der Waals surface area contributed by atoms with E-state index in [0.717, 1.165) is 20.5 Å². The average Bonchev–Trinajstić information content (AvgIpc) is 3.48. The molecule has 0 bridgehead atoms. The summed E-state index contributed by atoms with van der Waals surface area (Å²) in [6.07, 6.45) is 3.73. The molecule has 188 valence electrons. The number of carbonyl (C=O) groups is 1. The molecule has 0 spiro atoms. The second kappa shape index (κ2) is 10.7. The highest BCUT2D eigenvalue weighted by molar-refractivity contribution is 9.10. The zero-order chi connectivity index (χ0) is 26.1. The van der Waals surface area contributed by atoms with Crippen LogP contribution in [0.25, 0.3) is 17.4 Å². The van der Waals surface area contributed by atoms with Crippen LogP contribution < -0.4 is 14.9 Å². The summed E-state index contributed by atoms with van der Waals surface area (Å²) in [5, 5.41) is 0. The molecule has 5 rings (SSSR count). The summed E-state index contributed by atoms with van der Waals surface area (Å²) in [7, 11) is 0. The predicted molar refractivity (Wildman–Crippen MR) is 150 cm³/mol. The van der Waals surface area contributed by atoms with Crippen molar-refractivity contribution in [1.29, 1.82) is 0 Å². The lowest BCUT2D eigenvalue weighted by Gasteiger charge is -2.24. The van der Waals surface area contributed by atoms with Gasteiger partial charge in [-0.15, -0.1) is 11.8 Å². The first kappa shape index (κ1) is 25.5. The normalized spacial score (nSPS) is 15.5. The van der Waals surface area contributed by atoms with Gasteiger partial charge in [0, 0.05) is 21.0 Å². The predicted octanol–water partition coefficient (Wildman–Crippen LogP) is 5.54. The number of carbonyl (C=O) groups excluding carboxylic acids is 1. The van der Waals surface area contributed by atoms with E-state index in [4.69, 9.17) is 9.15 Å². The fraction of sp³-hybridized carbons (Fsp3) is 0.179. The van der Waals surface area contributed by atoms with E-state index in [1.807, 2.05) is 66.9 Å². The maximum absolute atomic E-state index is 13.7. The van der Waals surface area contributed by atoms with Crippen LogP contribution in [-0.2, 0) is 9.53 Å². The lowest BCUT2D eigenvalue weighted by molar-refractivity contribution is -0.139. The Labute approximate surface area is 230 Å². The maximum atomic E-state index is 13.7. The van der Waals surface area contributed by atoms with Crippen LogP contribution in [0.15, 0.2) is 95.5 Å². The number of thioether (sulfide) groups is 1. The molecule has 3 heterocycles. The Kier molecular flexibility index (Phi) is 7.37. The number of furan rings is 1. The van der Waals surface area contributed by atoms with E-state index in [0.29, 0.717) is 32.1 Å². The summed E-state index contributed by atoms with van der Waals surface area (Å²) in [4.78, 5) is 33.0. The third-order valence-corrected chi connectivity index (χ3v) is 8.23. The molecule has 4 aromatic rings. The van der Waals surface area contributed by atoms with Crippen molar-refractivity contribution < 1.29 is 13.9 Å². The molecule has 2 aromatic heterocycles. The maximum Gasteiger partial charge on any atom is 0.338 e. The summed E-state index contributed by atoms with van der Waals surface area (Å²) in [6, 6.07) is 18.8. The monoisotopic (exact) mass is 594 g/mol. The first-order chi connectivity index (χ1) is 17.9. The molecule has 0 N–H and O–H groups in total. The minimum atomic E-state index is -0.636. The van der Waals surface area contributed by atoms with Gasteiger partial charge >= 0.3 is 5.97 Å². The zero-order valence-electron chi connectivity index (χ0n) is 20.4. The van der Waals surface area contributed by atoms with Gasteiger partial charge in [0.15, 0.2) is 4.80 Å². The minimum absolute atomic E-state index is 0.233. The number of esters is 1. The SMILES string of the molecule is CCOC(=O)C1=C(C)N=c2sc(=Cc3ccc(-c4ccc(Br)cc4)o3)c(=O)n2C1c1ccc(SC)cc1. The van der Waals surface area contributed by atoms with Gasteiger partial charge in [-0.1, -0.05) is 51.5 Å². The molecule has 2 aromatic carbocycles. The second-order valence-electron chi connectivity index (χ2n) is 8.28. The molecular weight excluding hydrogens is 572 g/mol. The van der Waals surface area contributed by atoms with Crippen LogP contribution in [0.5, 0.6) is 0 Å². The molecule has 37 heavy (non-hydrogen) atoms. The second-order valence-corrected chi connectivity index (χ2v) is 11.1. The highest BCUT2D eigenvalue weighted by Gasteiger charge is 2.33. The van der Waals surface area contributed by atoms with E-state index in [2.05, 4.69) is 20.9 Å². The summed E-state index contributed by atoms with van der Waals surface area (Å²) in [6.45, 7) is 3.78. The molecule has 6 nitrogen and oxygen atoms in total. The number of halogens is 1. The molecule has 1 aliphatic rings. The quantitative estimate of drug-likeness (QED) is 0.216. The van der Waals surface area contributed by atoms with Crippen molar-refractivity contribution in [3.63, 3.8) is 0 Å². The Hall–Kier alpha value is -3.14. The number of aromatic nitrogens is 1. The molecule has 0 radical (unpaired) electrons. The van der Waals surface area contributed by atoms with E-state index < -0.39 is 12.0 Å². The number of allylic oxidation sites excluding steroid dienone is 1. The fourth-order valence-electron chi connectivity index (χ4n) is 4.22. The molecule has 0 aliphatic carbocycles. The van der Waals surface area contributed by atoms with Gasteiger partial charge in [-0.2, -0.15) is 0 Å². The van der Waals surface area contributed by atoms with E-state index >= 15 is 0 Å². The summed E-state index contributed by atoms with van der Waals surface area (Å²) < 4.78 is 14.4. The van der Waals surface area contributed by atoms with E-state index in [9.17, 15) is 9.59 Å². The molecule has 0 saturated heterocycles. The molecule has 0 saturated carbocycles. The number of ether oxygens (including phenoxy) is 1. The van der Waals surface area contributed by atoms with Gasteiger partial charge in [-0.3, -0.25) is 9.36 Å². The van der Waals surface area contributed by atoms with Gasteiger partial charge in [0.2, 0.25) is 0 Å². The number of benzene rings is 2. The number of rotatable bonds is 6. The Morgan fingerprint density at radius 2 is 1.89 bits per heavy atom. The van der Waals surface area contributed by atoms with E-state index in [1.165, 1.54) is 11.3 Å². The summed E-state index contributed by atoms with van der Waals surface area (Å²) in [5.74, 6) is 0.797. The van der Waals surface area contributed by atoms with Crippen LogP contribution in [0.3, 0.4) is 0 Å². The van der Waals surface area contributed by atoms with Gasteiger partial charge in [-0.25, -0.2) is 9.79 Å². The molecule has 1 aliphatic heterocycles. The Morgan fingerprint density at radius 3 is 2.57 bits per heavy atom. The van der Waals surface area contributed by atoms with Crippen molar-refractivity contribution in [1.82, 2.24) is 4.57 Å². The zero-order valence-corrected chi connectivity index (χ0v) is 23.6. The van der Waals surface area contributed by atoms with E-state index in [-0.39, 0.29) is 12.2 Å². The van der Waals surface area contributed by atoms with Gasteiger partial charge in [0.1, 0.15) is 11.5 Å². The largest absolute Gasteiger partial charge is 0.463 e. The standard InChI is InChI=1S/C28H23BrN2O4S2/c1-4-34-27(33)24-16(2)30-28-31(25(24)18-7-12-21(36-3)13-8-18)26(32)23(37-28)15-20-11-14-22(35-20)17-5-9-19(29)10-6-17/h5-15,25H,4H2,1-3H3. The van der Waals surface area contributed by atoms with Gasteiger partial charge in [-0.05, 0) is 62.1 Å². The van der Waals surface area contributed by atoms with Crippen LogP contribution in [0.1, 0.15) is 31.2 Å². The number of hydrogen-bond donors (Lipinski definition) is 0. The van der Waals surface area contributed by atoms with E-state index in [1.54, 1.807) is 36.3 Å². The number of fused-ring (bicyclic) bond motifs is 1. The van der Waals surface area contributed by atoms with Crippen molar-refractivity contribution >= 4 is 51.1 Å². The van der Waals surface area contributed by atoms with Crippen molar-refractivity contribution in [3.05, 3.63) is 107 Å². The molecule has 0 fully saturated rings. The molecule has 0 amide bonds. The third kappa shape index (κ3) is 5.03. The Morgan fingerprint density at radius 1 is 1.16 bits per heavy atom. The molecule has 1 atom stereocenters. The van der Waals surface area contributed by atoms with Crippen molar-refractivity contribution in [3.8, 4) is 11.3 Å². The molecular formula is C28H23BrN2O4S2. The van der Waals surface area contributed by atoms with Crippen LogP contribution >= 0.6 is 39.0 Å². The lowest BCUT2D eigenvalue weighted by atomic mass is 9.96. The smallest absolute Gasteiger partial charge is 0.338 e. The third-order valence-electron chi connectivity index (χ3n) is 5.98. The number of hydrogen-bond acceptors (Lipinski definition) is 7. The highest BCUT2D eigenvalue weighted by Crippen LogP contribution is 2.32. The summed E-state index contributed by atoms with van der Waals surface area (Å²) in [5.41, 5.74) is 2.43. The van der Waals surface area contributed by atoms with Gasteiger partial charge in [0.05, 0.1) is 28.5 Å². The Balaban J connectivity index is 1.62. The van der Waals surface area contributed by atoms with Crippen LogP contribution in [0.4, 0.5) is 0 Å². The lowest BCUT2D eigenvalue weighted by Crippen LogP contribution is -2.39. The first-order valence-electron chi connectivity index (χ1n) is 11.6. The summed E-state index contributed by atoms with van der Waals surface area (Å²) >= 11 is 6.34. The fourth-order valence-corrected chi connectivity index (χ4v) is 5.92. The number of nitrogens with zero attached hydrogens (tertiary/aromatic N) is 2. The topological polar surface area (TPSA) is 73.8 Å².